The highest BCUT2D eigenvalue weighted by molar-refractivity contribution is 7.98. The first-order valence-corrected chi connectivity index (χ1v) is 10.7. The molecule has 3 aromatic rings. The van der Waals surface area contributed by atoms with Crippen LogP contribution in [0.1, 0.15) is 11.1 Å². The van der Waals surface area contributed by atoms with Crippen LogP contribution in [0.4, 0.5) is 42.8 Å². The van der Waals surface area contributed by atoms with E-state index in [1.807, 2.05) is 0 Å². The number of hydrogen-bond donors (Lipinski definition) is 3. The molecule has 0 saturated heterocycles. The second-order valence-corrected chi connectivity index (χ2v) is 7.95. The monoisotopic (exact) mass is 502 g/mol. The van der Waals surface area contributed by atoms with Crippen LogP contribution in [0, 0.1) is 17.5 Å². The lowest BCUT2D eigenvalue weighted by molar-refractivity contribution is -0.137. The number of nitrogens with one attached hydrogen (secondary N) is 2. The van der Waals surface area contributed by atoms with Gasteiger partial charge in [-0.1, -0.05) is 0 Å². The Kier molecular flexibility index (Phi) is 7.87. The Hall–Kier alpha value is -3.48. The molecule has 0 bridgehead atoms. The molecule has 0 atom stereocenters. The van der Waals surface area contributed by atoms with Crippen LogP contribution in [0.15, 0.2) is 42.6 Å². The zero-order valence-electron chi connectivity index (χ0n) is 17.1. The first kappa shape index (κ1) is 25.1. The third-order valence-electron chi connectivity index (χ3n) is 4.30. The largest absolute Gasteiger partial charge is 0.465 e. The standard InChI is InChI=1S/C21H16F6N4O2S/c22-13-1-2-15(16(23)8-13)18-17(24)9-29-19(31-18)30-14-6-11(5-12(7-14)21(25,26)27)10-34-4-3-28-20(32)33/h1-2,5-9,28H,3-4,10H2,(H,32,33)(H,29,30,31). The first-order valence-electron chi connectivity index (χ1n) is 9.53. The number of hydrogen-bond acceptors (Lipinski definition) is 5. The van der Waals surface area contributed by atoms with Gasteiger partial charge in [-0.3, -0.25) is 0 Å². The van der Waals surface area contributed by atoms with E-state index < -0.39 is 41.0 Å². The second-order valence-electron chi connectivity index (χ2n) is 6.84. The van der Waals surface area contributed by atoms with Gasteiger partial charge in [-0.15, -0.1) is 0 Å². The van der Waals surface area contributed by atoms with Crippen LogP contribution in [0.2, 0.25) is 0 Å². The Bertz CT molecular complexity index is 1190. The molecule has 34 heavy (non-hydrogen) atoms. The summed E-state index contributed by atoms with van der Waals surface area (Å²) in [6.07, 6.45) is -5.15. The van der Waals surface area contributed by atoms with E-state index in [-0.39, 0.29) is 35.1 Å². The minimum absolute atomic E-state index is 0.0498. The van der Waals surface area contributed by atoms with E-state index >= 15 is 0 Å². The molecule has 1 amide bonds. The molecule has 6 nitrogen and oxygen atoms in total. The Morgan fingerprint density at radius 1 is 1.06 bits per heavy atom. The Morgan fingerprint density at radius 2 is 1.82 bits per heavy atom. The molecule has 3 N–H and O–H groups in total. The maximum Gasteiger partial charge on any atom is 0.416 e. The number of halogens is 6. The van der Waals surface area contributed by atoms with E-state index in [0.717, 1.165) is 24.3 Å². The summed E-state index contributed by atoms with van der Waals surface area (Å²) in [7, 11) is 0. The normalized spacial score (nSPS) is 11.4. The van der Waals surface area contributed by atoms with Crippen LogP contribution in [-0.4, -0.2) is 33.5 Å². The summed E-state index contributed by atoms with van der Waals surface area (Å²) in [4.78, 5) is 18.0. The quantitative estimate of drug-likeness (QED) is 0.266. The van der Waals surface area contributed by atoms with E-state index in [9.17, 15) is 31.1 Å². The summed E-state index contributed by atoms with van der Waals surface area (Å²) in [6.45, 7) is 0.121. The van der Waals surface area contributed by atoms with Crippen molar-refractivity contribution in [2.75, 3.05) is 17.6 Å². The number of nitrogens with zero attached hydrogens (tertiary/aromatic N) is 2. The minimum atomic E-state index is -4.66. The predicted octanol–water partition coefficient (Wildman–Crippen LogP) is 5.82. The lowest BCUT2D eigenvalue weighted by Gasteiger charge is -2.14. The molecule has 0 aliphatic carbocycles. The number of carboxylic acid groups (broad SMARTS) is 1. The first-order chi connectivity index (χ1) is 16.0. The van der Waals surface area contributed by atoms with Crippen LogP contribution in [0.25, 0.3) is 11.3 Å². The van der Waals surface area contributed by atoms with Crippen molar-refractivity contribution >= 4 is 29.5 Å². The van der Waals surface area contributed by atoms with Gasteiger partial charge in [0.2, 0.25) is 5.95 Å². The van der Waals surface area contributed by atoms with Gasteiger partial charge in [0.15, 0.2) is 5.82 Å². The highest BCUT2D eigenvalue weighted by Crippen LogP contribution is 2.34. The van der Waals surface area contributed by atoms with Crippen LogP contribution in [0.5, 0.6) is 0 Å². The second kappa shape index (κ2) is 10.6. The summed E-state index contributed by atoms with van der Waals surface area (Å²) in [5, 5.41) is 13.3. The number of benzene rings is 2. The van der Waals surface area contributed by atoms with Gasteiger partial charge in [0.1, 0.15) is 17.3 Å². The summed E-state index contributed by atoms with van der Waals surface area (Å²) in [6, 6.07) is 5.61. The van der Waals surface area contributed by atoms with Gasteiger partial charge in [0.05, 0.1) is 11.8 Å². The highest BCUT2D eigenvalue weighted by Gasteiger charge is 2.31. The van der Waals surface area contributed by atoms with Crippen LogP contribution < -0.4 is 10.6 Å². The SMILES string of the molecule is O=C(O)NCCSCc1cc(Nc2ncc(F)c(-c3ccc(F)cc3F)n2)cc(C(F)(F)F)c1. The van der Waals surface area contributed by atoms with Crippen molar-refractivity contribution in [1.29, 1.82) is 0 Å². The number of alkyl halides is 3. The van der Waals surface area contributed by atoms with Crippen LogP contribution >= 0.6 is 11.8 Å². The van der Waals surface area contributed by atoms with Gasteiger partial charge >= 0.3 is 12.3 Å². The van der Waals surface area contributed by atoms with Gasteiger partial charge in [0, 0.05) is 35.4 Å². The summed E-state index contributed by atoms with van der Waals surface area (Å²) in [5.74, 6) is -2.77. The third-order valence-corrected chi connectivity index (χ3v) is 5.33. The maximum atomic E-state index is 14.2. The Morgan fingerprint density at radius 3 is 2.50 bits per heavy atom. The molecule has 1 aromatic heterocycles. The van der Waals surface area contributed by atoms with Crippen molar-refractivity contribution in [2.24, 2.45) is 0 Å². The number of carbonyl (C=O) groups is 1. The molecular formula is C21H16F6N4O2S. The highest BCUT2D eigenvalue weighted by atomic mass is 32.2. The van der Waals surface area contributed by atoms with Gasteiger partial charge in [-0.25, -0.2) is 27.9 Å². The Labute approximate surface area is 193 Å². The smallest absolute Gasteiger partial charge is 0.416 e. The Balaban J connectivity index is 1.85. The van der Waals surface area contributed by atoms with Gasteiger partial charge < -0.3 is 15.7 Å². The lowest BCUT2D eigenvalue weighted by Crippen LogP contribution is -2.23. The molecule has 2 aromatic carbocycles. The molecule has 3 rings (SSSR count). The molecule has 0 aliphatic heterocycles. The molecule has 0 saturated carbocycles. The van der Waals surface area contributed by atoms with Crippen molar-refractivity contribution in [3.8, 4) is 11.3 Å². The van der Waals surface area contributed by atoms with Crippen molar-refractivity contribution < 1.29 is 36.2 Å². The van der Waals surface area contributed by atoms with Crippen LogP contribution in [-0.2, 0) is 11.9 Å². The zero-order valence-corrected chi connectivity index (χ0v) is 17.9. The predicted molar refractivity (Wildman–Crippen MR) is 114 cm³/mol. The number of rotatable bonds is 8. The molecular weight excluding hydrogens is 486 g/mol. The number of anilines is 2. The molecule has 0 aliphatic rings. The van der Waals surface area contributed by atoms with Crippen molar-refractivity contribution in [3.05, 3.63) is 71.2 Å². The average Bonchev–Trinajstić information content (AvgIpc) is 2.74. The molecule has 0 radical (unpaired) electrons. The maximum absolute atomic E-state index is 14.2. The fourth-order valence-corrected chi connectivity index (χ4v) is 3.65. The number of aromatic nitrogens is 2. The van der Waals surface area contributed by atoms with Crippen molar-refractivity contribution in [2.45, 2.75) is 11.9 Å². The van der Waals surface area contributed by atoms with E-state index in [4.69, 9.17) is 5.11 Å². The number of thioether (sulfide) groups is 1. The van der Waals surface area contributed by atoms with Crippen molar-refractivity contribution in [3.63, 3.8) is 0 Å². The molecule has 1 heterocycles. The van der Waals surface area contributed by atoms with Gasteiger partial charge in [0.25, 0.3) is 0 Å². The third kappa shape index (κ3) is 6.76. The summed E-state index contributed by atoms with van der Waals surface area (Å²) >= 11 is 1.21. The summed E-state index contributed by atoms with van der Waals surface area (Å²) < 4.78 is 81.6. The molecule has 0 unspecified atom stereocenters. The van der Waals surface area contributed by atoms with E-state index in [1.54, 1.807) is 0 Å². The van der Waals surface area contributed by atoms with E-state index in [1.165, 1.54) is 17.8 Å². The van der Waals surface area contributed by atoms with E-state index in [2.05, 4.69) is 20.6 Å². The zero-order chi connectivity index (χ0) is 24.9. The molecule has 180 valence electrons. The average molecular weight is 502 g/mol. The molecule has 13 heteroatoms. The van der Waals surface area contributed by atoms with Crippen molar-refractivity contribution in [1.82, 2.24) is 15.3 Å². The minimum Gasteiger partial charge on any atom is -0.465 e. The fourth-order valence-electron chi connectivity index (χ4n) is 2.86. The fraction of sp³-hybridized carbons (Fsp3) is 0.190. The van der Waals surface area contributed by atoms with Gasteiger partial charge in [-0.2, -0.15) is 24.9 Å². The molecule has 0 spiro atoms. The van der Waals surface area contributed by atoms with E-state index in [0.29, 0.717) is 18.0 Å². The van der Waals surface area contributed by atoms with Gasteiger partial charge in [-0.05, 0) is 35.9 Å². The lowest BCUT2D eigenvalue weighted by atomic mass is 10.1. The van der Waals surface area contributed by atoms with Crippen LogP contribution in [0.3, 0.4) is 0 Å². The molecule has 0 fully saturated rings. The number of amides is 1. The summed E-state index contributed by atoms with van der Waals surface area (Å²) in [5.41, 5.74) is -1.57. The topological polar surface area (TPSA) is 87.1 Å².